The molecule has 118 valence electrons. The number of methoxy groups -OCH3 is 1. The number of piperidine rings is 1. The van der Waals surface area contributed by atoms with Crippen LogP contribution in [0.5, 0.6) is 5.75 Å². The predicted octanol–water partition coefficient (Wildman–Crippen LogP) is 2.61. The first kappa shape index (κ1) is 16.2. The second kappa shape index (κ2) is 8.35. The van der Waals surface area contributed by atoms with Crippen LogP contribution < -0.4 is 10.1 Å². The average molecular weight is 291 g/mol. The van der Waals surface area contributed by atoms with Gasteiger partial charge in [0, 0.05) is 30.9 Å². The van der Waals surface area contributed by atoms with E-state index in [2.05, 4.69) is 28.2 Å². The van der Waals surface area contributed by atoms with Gasteiger partial charge < -0.3 is 10.1 Å². The van der Waals surface area contributed by atoms with Crippen LogP contribution in [0.25, 0.3) is 0 Å². The maximum Gasteiger partial charge on any atom is 0.122 e. The van der Waals surface area contributed by atoms with Gasteiger partial charge in [-0.3, -0.25) is 9.88 Å². The summed E-state index contributed by atoms with van der Waals surface area (Å²) in [5.41, 5.74) is 2.14. The molecule has 4 nitrogen and oxygen atoms in total. The maximum atomic E-state index is 5.36. The summed E-state index contributed by atoms with van der Waals surface area (Å²) in [6.45, 7) is 9.83. The summed E-state index contributed by atoms with van der Waals surface area (Å²) >= 11 is 0. The molecule has 0 spiro atoms. The van der Waals surface area contributed by atoms with E-state index in [9.17, 15) is 0 Å². The van der Waals surface area contributed by atoms with Gasteiger partial charge in [-0.2, -0.15) is 0 Å². The van der Waals surface area contributed by atoms with Crippen molar-refractivity contribution >= 4 is 0 Å². The third-order valence-electron chi connectivity index (χ3n) is 4.06. The molecule has 1 saturated heterocycles. The standard InChI is InChI=1S/C17H29N3O/c1-4-8-20(12-15-6-5-7-18-11-15)13-16-10-17(21-3)9-14(2)19-16/h9-10,15,18H,4-8,11-13H2,1-3H3. The number of aromatic nitrogens is 1. The molecule has 0 saturated carbocycles. The molecule has 21 heavy (non-hydrogen) atoms. The van der Waals surface area contributed by atoms with Gasteiger partial charge in [-0.05, 0) is 51.7 Å². The number of rotatable bonds is 7. The molecule has 1 fully saturated rings. The van der Waals surface area contributed by atoms with Crippen molar-refractivity contribution in [2.45, 2.75) is 39.7 Å². The molecule has 1 atom stereocenters. The SMILES string of the molecule is CCCN(Cc1cc(OC)cc(C)n1)CC1CCCNC1. The van der Waals surface area contributed by atoms with Gasteiger partial charge in [0.2, 0.25) is 0 Å². The zero-order valence-electron chi connectivity index (χ0n) is 13.7. The Morgan fingerprint density at radius 2 is 2.29 bits per heavy atom. The third kappa shape index (κ3) is 5.29. The fourth-order valence-electron chi connectivity index (χ4n) is 3.13. The van der Waals surface area contributed by atoms with Crippen molar-refractivity contribution < 1.29 is 4.74 Å². The van der Waals surface area contributed by atoms with Crippen molar-refractivity contribution in [3.05, 3.63) is 23.5 Å². The van der Waals surface area contributed by atoms with Crippen molar-refractivity contribution in [2.75, 3.05) is 33.3 Å². The zero-order chi connectivity index (χ0) is 15.1. The van der Waals surface area contributed by atoms with Gasteiger partial charge in [-0.1, -0.05) is 6.92 Å². The third-order valence-corrected chi connectivity index (χ3v) is 4.06. The molecule has 0 radical (unpaired) electrons. The minimum Gasteiger partial charge on any atom is -0.497 e. The fourth-order valence-corrected chi connectivity index (χ4v) is 3.13. The minimum absolute atomic E-state index is 0.775. The molecule has 1 aliphatic heterocycles. The monoisotopic (exact) mass is 291 g/mol. The quantitative estimate of drug-likeness (QED) is 0.838. The van der Waals surface area contributed by atoms with Crippen LogP contribution in [0, 0.1) is 12.8 Å². The van der Waals surface area contributed by atoms with Crippen LogP contribution in [0.4, 0.5) is 0 Å². The molecule has 0 bridgehead atoms. The van der Waals surface area contributed by atoms with E-state index in [4.69, 9.17) is 4.74 Å². The van der Waals surface area contributed by atoms with E-state index in [0.717, 1.165) is 42.7 Å². The number of nitrogens with zero attached hydrogens (tertiary/aromatic N) is 2. The van der Waals surface area contributed by atoms with Gasteiger partial charge in [0.05, 0.1) is 12.8 Å². The fraction of sp³-hybridized carbons (Fsp3) is 0.706. The highest BCUT2D eigenvalue weighted by molar-refractivity contribution is 5.26. The maximum absolute atomic E-state index is 5.36. The van der Waals surface area contributed by atoms with E-state index in [-0.39, 0.29) is 0 Å². The van der Waals surface area contributed by atoms with Crippen molar-refractivity contribution in [3.8, 4) is 5.75 Å². The van der Waals surface area contributed by atoms with Crippen LogP contribution >= 0.6 is 0 Å². The highest BCUT2D eigenvalue weighted by Crippen LogP contribution is 2.17. The zero-order valence-corrected chi connectivity index (χ0v) is 13.7. The van der Waals surface area contributed by atoms with Gasteiger partial charge in [-0.25, -0.2) is 0 Å². The molecule has 1 aromatic heterocycles. The highest BCUT2D eigenvalue weighted by atomic mass is 16.5. The first-order chi connectivity index (χ1) is 10.2. The molecule has 1 unspecified atom stereocenters. The van der Waals surface area contributed by atoms with E-state index in [1.807, 2.05) is 13.0 Å². The molecule has 4 heteroatoms. The molecule has 1 aromatic rings. The second-order valence-corrected chi connectivity index (χ2v) is 6.09. The minimum atomic E-state index is 0.775. The Balaban J connectivity index is 1.99. The lowest BCUT2D eigenvalue weighted by molar-refractivity contribution is 0.199. The number of ether oxygens (including phenoxy) is 1. The molecule has 0 amide bonds. The van der Waals surface area contributed by atoms with Crippen LogP contribution in [-0.2, 0) is 6.54 Å². The first-order valence-corrected chi connectivity index (χ1v) is 8.16. The second-order valence-electron chi connectivity index (χ2n) is 6.09. The Morgan fingerprint density at radius 3 is 2.95 bits per heavy atom. The largest absolute Gasteiger partial charge is 0.497 e. The van der Waals surface area contributed by atoms with E-state index >= 15 is 0 Å². The van der Waals surface area contributed by atoms with E-state index in [1.54, 1.807) is 7.11 Å². The number of aryl methyl sites for hydroxylation is 1. The lowest BCUT2D eigenvalue weighted by Crippen LogP contribution is -2.38. The summed E-state index contributed by atoms with van der Waals surface area (Å²) in [5.74, 6) is 1.69. The van der Waals surface area contributed by atoms with Crippen LogP contribution in [0.1, 0.15) is 37.6 Å². The normalized spacial score (nSPS) is 19.0. The van der Waals surface area contributed by atoms with Crippen LogP contribution in [0.3, 0.4) is 0 Å². The van der Waals surface area contributed by atoms with Crippen molar-refractivity contribution in [2.24, 2.45) is 5.92 Å². The van der Waals surface area contributed by atoms with Crippen molar-refractivity contribution in [3.63, 3.8) is 0 Å². The number of hydrogen-bond acceptors (Lipinski definition) is 4. The summed E-state index contributed by atoms with van der Waals surface area (Å²) < 4.78 is 5.36. The molecule has 2 rings (SSSR count). The molecule has 0 aliphatic carbocycles. The average Bonchev–Trinajstić information content (AvgIpc) is 2.48. The highest BCUT2D eigenvalue weighted by Gasteiger charge is 2.17. The van der Waals surface area contributed by atoms with E-state index in [1.165, 1.54) is 32.4 Å². The molecule has 1 aliphatic rings. The van der Waals surface area contributed by atoms with Crippen molar-refractivity contribution in [1.29, 1.82) is 0 Å². The van der Waals surface area contributed by atoms with Gasteiger partial charge in [0.15, 0.2) is 0 Å². The van der Waals surface area contributed by atoms with E-state index in [0.29, 0.717) is 0 Å². The Labute approximate surface area is 128 Å². The lowest BCUT2D eigenvalue weighted by atomic mass is 9.99. The lowest BCUT2D eigenvalue weighted by Gasteiger charge is -2.30. The Kier molecular flexibility index (Phi) is 6.46. The number of pyridine rings is 1. The Morgan fingerprint density at radius 1 is 1.43 bits per heavy atom. The van der Waals surface area contributed by atoms with Gasteiger partial charge >= 0.3 is 0 Å². The van der Waals surface area contributed by atoms with Crippen LogP contribution in [0.2, 0.25) is 0 Å². The van der Waals surface area contributed by atoms with Crippen molar-refractivity contribution in [1.82, 2.24) is 15.2 Å². The van der Waals surface area contributed by atoms with Crippen LogP contribution in [0.15, 0.2) is 12.1 Å². The molecular weight excluding hydrogens is 262 g/mol. The van der Waals surface area contributed by atoms with Crippen LogP contribution in [-0.4, -0.2) is 43.2 Å². The molecule has 0 aromatic carbocycles. The summed E-state index contributed by atoms with van der Waals surface area (Å²) in [5, 5.41) is 3.51. The van der Waals surface area contributed by atoms with E-state index < -0.39 is 0 Å². The molecule has 1 N–H and O–H groups in total. The Hall–Kier alpha value is -1.13. The Bertz CT molecular complexity index is 430. The molecular formula is C17H29N3O. The summed E-state index contributed by atoms with van der Waals surface area (Å²) in [6, 6.07) is 4.05. The number of nitrogens with one attached hydrogen (secondary N) is 1. The molecule has 2 heterocycles. The summed E-state index contributed by atoms with van der Waals surface area (Å²) in [7, 11) is 1.72. The van der Waals surface area contributed by atoms with Gasteiger partial charge in [0.25, 0.3) is 0 Å². The van der Waals surface area contributed by atoms with Gasteiger partial charge in [0.1, 0.15) is 5.75 Å². The summed E-state index contributed by atoms with van der Waals surface area (Å²) in [6.07, 6.45) is 3.84. The first-order valence-electron chi connectivity index (χ1n) is 8.16. The topological polar surface area (TPSA) is 37.4 Å². The smallest absolute Gasteiger partial charge is 0.122 e. The predicted molar refractivity (Wildman–Crippen MR) is 86.7 cm³/mol. The summed E-state index contributed by atoms with van der Waals surface area (Å²) in [4.78, 5) is 7.20. The number of hydrogen-bond donors (Lipinski definition) is 1. The van der Waals surface area contributed by atoms with Gasteiger partial charge in [-0.15, -0.1) is 0 Å².